The third-order valence-corrected chi connectivity index (χ3v) is 7.05. The van der Waals surface area contributed by atoms with E-state index in [1.165, 1.54) is 0 Å². The molecule has 1 saturated carbocycles. The zero-order valence-corrected chi connectivity index (χ0v) is 18.9. The van der Waals surface area contributed by atoms with Crippen molar-refractivity contribution in [2.75, 3.05) is 6.54 Å². The van der Waals surface area contributed by atoms with Crippen molar-refractivity contribution in [3.8, 4) is 0 Å². The number of Topliss-reactive ketones (excluding diaryl/α,β-unsaturated/α-hetero) is 1. The maximum absolute atomic E-state index is 13.7. The highest BCUT2D eigenvalue weighted by Crippen LogP contribution is 2.49. The highest BCUT2D eigenvalue weighted by molar-refractivity contribution is 5.94. The van der Waals surface area contributed by atoms with E-state index in [0.717, 1.165) is 18.4 Å². The summed E-state index contributed by atoms with van der Waals surface area (Å²) in [5.74, 6) is -1.66. The summed E-state index contributed by atoms with van der Waals surface area (Å²) in [6.45, 7) is 0.467. The molecular formula is C24H35N3O6. The Morgan fingerprint density at radius 1 is 1.12 bits per heavy atom. The third kappa shape index (κ3) is 5.54. The van der Waals surface area contributed by atoms with Gasteiger partial charge in [-0.25, -0.2) is 9.69 Å². The molecular weight excluding hydrogens is 426 g/mol. The fraction of sp³-hybridized carbons (Fsp3) is 0.625. The normalized spacial score (nSPS) is 26.5. The number of rotatable bonds is 12. The van der Waals surface area contributed by atoms with E-state index in [4.69, 9.17) is 16.2 Å². The van der Waals surface area contributed by atoms with Gasteiger partial charge in [-0.15, -0.1) is 0 Å². The van der Waals surface area contributed by atoms with Gasteiger partial charge in [-0.2, -0.15) is 0 Å². The monoisotopic (exact) mass is 461 g/mol. The van der Waals surface area contributed by atoms with Crippen molar-refractivity contribution in [3.63, 3.8) is 0 Å². The minimum absolute atomic E-state index is 0.0110. The Morgan fingerprint density at radius 3 is 2.48 bits per heavy atom. The molecule has 1 aliphatic carbocycles. The lowest BCUT2D eigenvalue weighted by molar-refractivity contribution is -0.177. The number of hydrogen-bond acceptors (Lipinski definition) is 7. The number of carboxylic acid groups (broad SMARTS) is 2. The molecule has 3 rings (SSSR count). The molecule has 182 valence electrons. The lowest BCUT2D eigenvalue weighted by atomic mass is 9.91. The average Bonchev–Trinajstić information content (AvgIpc) is 3.34. The Labute approximate surface area is 194 Å². The summed E-state index contributed by atoms with van der Waals surface area (Å²) < 4.78 is 5.35. The molecule has 33 heavy (non-hydrogen) atoms. The van der Waals surface area contributed by atoms with E-state index < -0.39 is 35.7 Å². The second-order valence-corrected chi connectivity index (χ2v) is 9.16. The number of ketones is 1. The minimum atomic E-state index is -1.89. The number of carboxylic acids is 1. The molecule has 1 saturated heterocycles. The van der Waals surface area contributed by atoms with Gasteiger partial charge in [0, 0.05) is 12.5 Å². The largest absolute Gasteiger partial charge is 0.507 e. The van der Waals surface area contributed by atoms with E-state index in [1.807, 2.05) is 30.3 Å². The molecule has 6 N–H and O–H groups in total. The van der Waals surface area contributed by atoms with Crippen LogP contribution in [0.2, 0.25) is 0 Å². The van der Waals surface area contributed by atoms with Crippen molar-refractivity contribution in [1.29, 1.82) is 0 Å². The SMILES string of the molecule is NCCCCC(N)C(=O)[C@]1(OC(=O)O)C[C@@H]2CCC[C@@H]2N1[C@@H](CCc1ccccc1)C(=O)O. The van der Waals surface area contributed by atoms with Crippen LogP contribution in [-0.2, 0) is 20.7 Å². The summed E-state index contributed by atoms with van der Waals surface area (Å²) in [4.78, 5) is 39.5. The Bertz CT molecular complexity index is 835. The first-order chi connectivity index (χ1) is 15.8. The van der Waals surface area contributed by atoms with Gasteiger partial charge in [-0.1, -0.05) is 43.2 Å². The quantitative estimate of drug-likeness (QED) is 0.271. The summed E-state index contributed by atoms with van der Waals surface area (Å²) >= 11 is 0. The van der Waals surface area contributed by atoms with Gasteiger partial charge < -0.3 is 26.4 Å². The molecule has 0 aromatic heterocycles. The molecule has 2 fully saturated rings. The maximum atomic E-state index is 13.7. The fourth-order valence-corrected chi connectivity index (χ4v) is 5.61. The predicted molar refractivity (Wildman–Crippen MR) is 122 cm³/mol. The highest BCUT2D eigenvalue weighted by Gasteiger charge is 2.63. The zero-order valence-electron chi connectivity index (χ0n) is 18.9. The number of carbonyl (C=O) groups is 3. The van der Waals surface area contributed by atoms with Gasteiger partial charge in [-0.3, -0.25) is 9.59 Å². The molecule has 1 aliphatic heterocycles. The fourth-order valence-electron chi connectivity index (χ4n) is 5.61. The van der Waals surface area contributed by atoms with Crippen molar-refractivity contribution in [2.24, 2.45) is 17.4 Å². The number of nitrogens with zero attached hydrogens (tertiary/aromatic N) is 1. The van der Waals surface area contributed by atoms with Gasteiger partial charge >= 0.3 is 12.1 Å². The Kier molecular flexibility index (Phi) is 8.45. The number of unbranched alkanes of at least 4 members (excludes halogenated alkanes) is 1. The molecule has 0 spiro atoms. The van der Waals surface area contributed by atoms with E-state index in [1.54, 1.807) is 4.90 Å². The van der Waals surface area contributed by atoms with E-state index in [-0.39, 0.29) is 24.8 Å². The smallest absolute Gasteiger partial charge is 0.480 e. The summed E-state index contributed by atoms with van der Waals surface area (Å²) in [6.07, 6.45) is 3.29. The maximum Gasteiger partial charge on any atom is 0.507 e. The highest BCUT2D eigenvalue weighted by atomic mass is 16.7. The first-order valence-electron chi connectivity index (χ1n) is 11.8. The molecule has 9 heteroatoms. The standard InChI is InChI=1S/C24H35N3O6/c25-14-5-4-10-18(26)21(28)24(33-23(31)32)15-17-9-6-11-19(17)27(24)20(22(29)30)13-12-16-7-2-1-3-8-16/h1-3,7-8,17-20H,4-6,9-15,25-26H2,(H,29,30)(H,31,32)/t17-,18?,19-,20-,24+/m0/s1. The second kappa shape index (κ2) is 11.1. The Hall–Kier alpha value is -2.49. The number of likely N-dealkylation sites (tertiary alicyclic amines) is 1. The van der Waals surface area contributed by atoms with Gasteiger partial charge in [0.1, 0.15) is 6.04 Å². The van der Waals surface area contributed by atoms with Gasteiger partial charge in [0.05, 0.1) is 6.04 Å². The first kappa shape index (κ1) is 25.1. The molecule has 1 aromatic rings. The van der Waals surface area contributed by atoms with Crippen LogP contribution in [0.5, 0.6) is 0 Å². The molecule has 1 heterocycles. The number of aliphatic carboxylic acids is 1. The van der Waals surface area contributed by atoms with E-state index >= 15 is 0 Å². The van der Waals surface area contributed by atoms with Crippen LogP contribution in [0.3, 0.4) is 0 Å². The lowest BCUT2D eigenvalue weighted by Gasteiger charge is -2.42. The van der Waals surface area contributed by atoms with Gasteiger partial charge in [0.25, 0.3) is 0 Å². The van der Waals surface area contributed by atoms with Crippen LogP contribution in [0.15, 0.2) is 30.3 Å². The summed E-state index contributed by atoms with van der Waals surface area (Å²) in [6, 6.07) is 7.23. The number of carbonyl (C=O) groups excluding carboxylic acids is 1. The van der Waals surface area contributed by atoms with Crippen molar-refractivity contribution in [2.45, 2.75) is 81.6 Å². The van der Waals surface area contributed by atoms with Crippen LogP contribution in [-0.4, -0.2) is 63.4 Å². The van der Waals surface area contributed by atoms with Crippen molar-refractivity contribution in [3.05, 3.63) is 35.9 Å². The number of fused-ring (bicyclic) bond motifs is 1. The molecule has 0 radical (unpaired) electrons. The summed E-state index contributed by atoms with van der Waals surface area (Å²) in [5.41, 5.74) is 10.8. The van der Waals surface area contributed by atoms with Crippen molar-refractivity contribution < 1.29 is 29.3 Å². The molecule has 1 aromatic carbocycles. The predicted octanol–water partition coefficient (Wildman–Crippen LogP) is 2.36. The van der Waals surface area contributed by atoms with Crippen LogP contribution >= 0.6 is 0 Å². The molecule has 5 atom stereocenters. The lowest BCUT2D eigenvalue weighted by Crippen LogP contribution is -2.64. The molecule has 0 amide bonds. The Balaban J connectivity index is 1.95. The molecule has 1 unspecified atom stereocenters. The van der Waals surface area contributed by atoms with Crippen LogP contribution in [0.4, 0.5) is 4.79 Å². The first-order valence-corrected chi connectivity index (χ1v) is 11.8. The topological polar surface area (TPSA) is 156 Å². The van der Waals surface area contributed by atoms with Gasteiger partial charge in [0.2, 0.25) is 11.5 Å². The molecule has 2 aliphatic rings. The van der Waals surface area contributed by atoms with Crippen LogP contribution < -0.4 is 11.5 Å². The van der Waals surface area contributed by atoms with Crippen LogP contribution in [0, 0.1) is 5.92 Å². The zero-order chi connectivity index (χ0) is 24.0. The average molecular weight is 462 g/mol. The number of benzene rings is 1. The van der Waals surface area contributed by atoms with Crippen LogP contribution in [0.1, 0.15) is 56.9 Å². The van der Waals surface area contributed by atoms with E-state index in [9.17, 15) is 24.6 Å². The summed E-state index contributed by atoms with van der Waals surface area (Å²) in [5, 5.41) is 19.8. The second-order valence-electron chi connectivity index (χ2n) is 9.16. The van der Waals surface area contributed by atoms with Crippen LogP contribution in [0.25, 0.3) is 0 Å². The minimum Gasteiger partial charge on any atom is -0.480 e. The van der Waals surface area contributed by atoms with Crippen molar-refractivity contribution in [1.82, 2.24) is 4.90 Å². The Morgan fingerprint density at radius 2 is 1.85 bits per heavy atom. The molecule has 9 nitrogen and oxygen atoms in total. The number of ether oxygens (including phenoxy) is 1. The van der Waals surface area contributed by atoms with Gasteiger partial charge in [-0.05, 0) is 56.6 Å². The number of hydrogen-bond donors (Lipinski definition) is 4. The van der Waals surface area contributed by atoms with Gasteiger partial charge in [0.15, 0.2) is 0 Å². The summed E-state index contributed by atoms with van der Waals surface area (Å²) in [7, 11) is 0. The van der Waals surface area contributed by atoms with E-state index in [2.05, 4.69) is 0 Å². The van der Waals surface area contributed by atoms with E-state index in [0.29, 0.717) is 38.6 Å². The number of aryl methyl sites for hydroxylation is 1. The van der Waals surface area contributed by atoms with Crippen molar-refractivity contribution >= 4 is 17.9 Å². The third-order valence-electron chi connectivity index (χ3n) is 7.05. The number of nitrogens with two attached hydrogens (primary N) is 2. The molecule has 0 bridgehead atoms.